The Morgan fingerprint density at radius 2 is 2.29 bits per heavy atom. The zero-order valence-corrected chi connectivity index (χ0v) is 8.20. The van der Waals surface area contributed by atoms with Crippen LogP contribution in [0, 0.1) is 18.3 Å². The van der Waals surface area contributed by atoms with Gasteiger partial charge in [-0.1, -0.05) is 6.07 Å². The smallest absolute Gasteiger partial charge is 0.167 e. The molecule has 0 atom stereocenters. The number of aryl methyl sites for hydroxylation is 1. The molecule has 14 heavy (non-hydrogen) atoms. The van der Waals surface area contributed by atoms with Crippen molar-refractivity contribution in [3.05, 3.63) is 29.3 Å². The monoisotopic (exact) mass is 189 g/mol. The third kappa shape index (κ3) is 2.60. The summed E-state index contributed by atoms with van der Waals surface area (Å²) in [7, 11) is 0. The Bertz CT molecular complexity index is 391. The van der Waals surface area contributed by atoms with E-state index in [1.54, 1.807) is 18.2 Å². The predicted molar refractivity (Wildman–Crippen MR) is 52.1 cm³/mol. The number of hydrogen-bond acceptors (Lipinski definition) is 3. The molecule has 1 aromatic carbocycles. The highest BCUT2D eigenvalue weighted by Crippen LogP contribution is 2.18. The highest BCUT2D eigenvalue weighted by atomic mass is 16.5. The highest BCUT2D eigenvalue weighted by Gasteiger charge is 2.02. The Hall–Kier alpha value is -1.82. The van der Waals surface area contributed by atoms with E-state index in [1.807, 2.05) is 13.0 Å². The molecule has 0 fully saturated rings. The molecule has 3 heteroatoms. The molecule has 0 aliphatic rings. The van der Waals surface area contributed by atoms with E-state index in [1.165, 1.54) is 6.92 Å². The van der Waals surface area contributed by atoms with Gasteiger partial charge in [-0.25, -0.2) is 0 Å². The van der Waals surface area contributed by atoms with Gasteiger partial charge in [0.1, 0.15) is 12.4 Å². The van der Waals surface area contributed by atoms with Gasteiger partial charge in [0, 0.05) is 0 Å². The van der Waals surface area contributed by atoms with Crippen LogP contribution in [0.5, 0.6) is 5.75 Å². The normalized spacial score (nSPS) is 9.21. The average Bonchev–Trinajstić information content (AvgIpc) is 2.16. The first kappa shape index (κ1) is 10.3. The number of rotatable bonds is 3. The molecule has 0 unspecified atom stereocenters. The number of hydrogen-bond donors (Lipinski definition) is 0. The first-order valence-corrected chi connectivity index (χ1v) is 4.26. The van der Waals surface area contributed by atoms with Crippen LogP contribution >= 0.6 is 0 Å². The molecule has 1 aromatic rings. The van der Waals surface area contributed by atoms with Crippen molar-refractivity contribution in [2.75, 3.05) is 6.61 Å². The van der Waals surface area contributed by atoms with Crippen molar-refractivity contribution in [2.24, 2.45) is 0 Å². The molecular formula is C11H11NO2. The van der Waals surface area contributed by atoms with E-state index in [0.29, 0.717) is 11.3 Å². The van der Waals surface area contributed by atoms with Crippen LogP contribution in [0.25, 0.3) is 0 Å². The van der Waals surface area contributed by atoms with Gasteiger partial charge in [0.2, 0.25) is 0 Å². The first-order chi connectivity index (χ1) is 6.63. The molecular weight excluding hydrogens is 178 g/mol. The Morgan fingerprint density at radius 3 is 2.86 bits per heavy atom. The summed E-state index contributed by atoms with van der Waals surface area (Å²) in [6.45, 7) is 3.38. The fourth-order valence-corrected chi connectivity index (χ4v) is 1.00. The van der Waals surface area contributed by atoms with Crippen molar-refractivity contribution in [2.45, 2.75) is 13.8 Å². The standard InChI is InChI=1S/C11H11NO2/c1-8-3-4-10(6-12)5-11(8)14-7-9(2)13/h3-5H,7H2,1-2H3. The number of Topliss-reactive ketones (excluding diaryl/α,β-unsaturated/α-hetero) is 1. The first-order valence-electron chi connectivity index (χ1n) is 4.26. The summed E-state index contributed by atoms with van der Waals surface area (Å²) in [6, 6.07) is 7.17. The number of nitriles is 1. The topological polar surface area (TPSA) is 50.1 Å². The highest BCUT2D eigenvalue weighted by molar-refractivity contribution is 5.77. The van der Waals surface area contributed by atoms with Crippen LogP contribution in [-0.2, 0) is 4.79 Å². The van der Waals surface area contributed by atoms with Crippen molar-refractivity contribution in [3.8, 4) is 11.8 Å². The Balaban J connectivity index is 2.85. The molecule has 3 nitrogen and oxygen atoms in total. The maximum Gasteiger partial charge on any atom is 0.167 e. The Kier molecular flexibility index (Phi) is 3.24. The molecule has 0 radical (unpaired) electrons. The second-order valence-corrected chi connectivity index (χ2v) is 3.08. The lowest BCUT2D eigenvalue weighted by Crippen LogP contribution is -2.07. The van der Waals surface area contributed by atoms with Crippen LogP contribution in [0.1, 0.15) is 18.1 Å². The number of nitrogens with zero attached hydrogens (tertiary/aromatic N) is 1. The van der Waals surface area contributed by atoms with Crippen molar-refractivity contribution < 1.29 is 9.53 Å². The maximum absolute atomic E-state index is 10.7. The minimum Gasteiger partial charge on any atom is -0.486 e. The third-order valence-electron chi connectivity index (χ3n) is 1.75. The quantitative estimate of drug-likeness (QED) is 0.728. The largest absolute Gasteiger partial charge is 0.486 e. The van der Waals surface area contributed by atoms with Gasteiger partial charge < -0.3 is 4.74 Å². The van der Waals surface area contributed by atoms with Gasteiger partial charge in [0.25, 0.3) is 0 Å². The van der Waals surface area contributed by atoms with Gasteiger partial charge in [-0.05, 0) is 31.5 Å². The number of ketones is 1. The fourth-order valence-electron chi connectivity index (χ4n) is 1.00. The number of carbonyl (C=O) groups is 1. The van der Waals surface area contributed by atoms with Gasteiger partial charge in [0.05, 0.1) is 11.6 Å². The zero-order chi connectivity index (χ0) is 10.6. The number of benzene rings is 1. The van der Waals surface area contributed by atoms with E-state index >= 15 is 0 Å². The second kappa shape index (κ2) is 4.43. The lowest BCUT2D eigenvalue weighted by Gasteiger charge is -2.06. The molecule has 1 rings (SSSR count). The molecule has 0 aliphatic carbocycles. The lowest BCUT2D eigenvalue weighted by atomic mass is 10.1. The zero-order valence-electron chi connectivity index (χ0n) is 8.20. The van der Waals surface area contributed by atoms with E-state index in [9.17, 15) is 4.79 Å². The lowest BCUT2D eigenvalue weighted by molar-refractivity contribution is -0.118. The summed E-state index contributed by atoms with van der Waals surface area (Å²) in [5, 5.41) is 8.66. The minimum absolute atomic E-state index is 0.0354. The summed E-state index contributed by atoms with van der Waals surface area (Å²) in [6.07, 6.45) is 0. The van der Waals surface area contributed by atoms with E-state index in [-0.39, 0.29) is 12.4 Å². The molecule has 72 valence electrons. The van der Waals surface area contributed by atoms with Crippen LogP contribution in [0.2, 0.25) is 0 Å². The van der Waals surface area contributed by atoms with Gasteiger partial charge in [-0.15, -0.1) is 0 Å². The average molecular weight is 189 g/mol. The summed E-state index contributed by atoms with van der Waals surface area (Å²) in [4.78, 5) is 10.7. The number of carbonyl (C=O) groups excluding carboxylic acids is 1. The van der Waals surface area contributed by atoms with Crippen LogP contribution < -0.4 is 4.74 Å². The van der Waals surface area contributed by atoms with Crippen LogP contribution in [0.3, 0.4) is 0 Å². The van der Waals surface area contributed by atoms with Crippen molar-refractivity contribution in [1.82, 2.24) is 0 Å². The molecule has 0 saturated carbocycles. The van der Waals surface area contributed by atoms with Crippen LogP contribution in [0.4, 0.5) is 0 Å². The molecule has 0 N–H and O–H groups in total. The van der Waals surface area contributed by atoms with E-state index in [0.717, 1.165) is 5.56 Å². The second-order valence-electron chi connectivity index (χ2n) is 3.08. The summed E-state index contributed by atoms with van der Waals surface area (Å²) in [5.41, 5.74) is 1.46. The SMILES string of the molecule is CC(=O)COc1cc(C#N)ccc1C. The molecule has 0 amide bonds. The van der Waals surface area contributed by atoms with Crippen molar-refractivity contribution in [1.29, 1.82) is 5.26 Å². The number of ether oxygens (including phenoxy) is 1. The Labute approximate surface area is 82.9 Å². The van der Waals surface area contributed by atoms with Gasteiger partial charge >= 0.3 is 0 Å². The summed E-state index contributed by atoms with van der Waals surface area (Å²) >= 11 is 0. The van der Waals surface area contributed by atoms with E-state index < -0.39 is 0 Å². The Morgan fingerprint density at radius 1 is 1.57 bits per heavy atom. The third-order valence-corrected chi connectivity index (χ3v) is 1.75. The molecule has 0 heterocycles. The molecule has 0 saturated heterocycles. The van der Waals surface area contributed by atoms with Gasteiger partial charge in [0.15, 0.2) is 5.78 Å². The maximum atomic E-state index is 10.7. The van der Waals surface area contributed by atoms with Crippen LogP contribution in [0.15, 0.2) is 18.2 Å². The van der Waals surface area contributed by atoms with Gasteiger partial charge in [-0.2, -0.15) is 5.26 Å². The summed E-state index contributed by atoms with van der Waals surface area (Å²) in [5.74, 6) is 0.561. The molecule has 0 bridgehead atoms. The van der Waals surface area contributed by atoms with E-state index in [2.05, 4.69) is 0 Å². The van der Waals surface area contributed by atoms with Crippen molar-refractivity contribution in [3.63, 3.8) is 0 Å². The summed E-state index contributed by atoms with van der Waals surface area (Å²) < 4.78 is 5.24. The predicted octanol–water partition coefficient (Wildman–Crippen LogP) is 1.83. The van der Waals surface area contributed by atoms with Crippen LogP contribution in [-0.4, -0.2) is 12.4 Å². The van der Waals surface area contributed by atoms with Crippen molar-refractivity contribution >= 4 is 5.78 Å². The van der Waals surface area contributed by atoms with Gasteiger partial charge in [-0.3, -0.25) is 4.79 Å². The fraction of sp³-hybridized carbons (Fsp3) is 0.273. The van der Waals surface area contributed by atoms with E-state index in [4.69, 9.17) is 10.00 Å². The minimum atomic E-state index is -0.0354. The molecule has 0 aromatic heterocycles. The molecule has 0 spiro atoms. The molecule has 0 aliphatic heterocycles.